The third-order valence-corrected chi connectivity index (χ3v) is 4.07. The van der Waals surface area contributed by atoms with Crippen LogP contribution in [0.2, 0.25) is 0 Å². The van der Waals surface area contributed by atoms with E-state index >= 15 is 0 Å². The molecule has 2 atom stereocenters. The fraction of sp³-hybridized carbons (Fsp3) is 0.176. The minimum absolute atomic E-state index is 0.0229. The summed E-state index contributed by atoms with van der Waals surface area (Å²) < 4.78 is 10.8. The number of ketones is 1. The number of carbonyl (C=O) groups excluding carboxylic acids is 2. The number of hydrogen-bond donors (Lipinski definition) is 0. The molecule has 2 unspecified atom stereocenters. The van der Waals surface area contributed by atoms with E-state index in [0.29, 0.717) is 0 Å². The Morgan fingerprint density at radius 1 is 1.10 bits per heavy atom. The van der Waals surface area contributed by atoms with E-state index < -0.39 is 5.60 Å². The Morgan fingerprint density at radius 2 is 2.00 bits per heavy atom. The van der Waals surface area contributed by atoms with Gasteiger partial charge in [0.05, 0.1) is 18.6 Å². The zero-order chi connectivity index (χ0) is 14.4. The molecule has 0 bridgehead atoms. The van der Waals surface area contributed by atoms with E-state index in [0.717, 1.165) is 16.9 Å². The van der Waals surface area contributed by atoms with Crippen LogP contribution in [-0.4, -0.2) is 17.4 Å². The zero-order valence-electron chi connectivity index (χ0n) is 11.1. The van der Waals surface area contributed by atoms with Crippen molar-refractivity contribution in [2.24, 2.45) is 5.92 Å². The Labute approximate surface area is 121 Å². The van der Waals surface area contributed by atoms with E-state index in [-0.39, 0.29) is 24.1 Å². The number of rotatable bonds is 0. The maximum atomic E-state index is 12.3. The van der Waals surface area contributed by atoms with Crippen molar-refractivity contribution < 1.29 is 19.1 Å². The lowest BCUT2D eigenvalue weighted by Gasteiger charge is -2.28. The lowest BCUT2D eigenvalue weighted by Crippen LogP contribution is -2.36. The van der Waals surface area contributed by atoms with Crippen LogP contribution in [0.3, 0.4) is 0 Å². The smallest absolute Gasteiger partial charge is 0.314 e. The molecule has 0 aromatic rings. The zero-order valence-corrected chi connectivity index (χ0v) is 11.1. The molecule has 104 valence electrons. The second-order valence-corrected chi connectivity index (χ2v) is 5.25. The van der Waals surface area contributed by atoms with Gasteiger partial charge in [-0.25, -0.2) is 0 Å². The molecule has 0 N–H and O–H groups in total. The molecule has 0 radical (unpaired) electrons. The molecule has 0 saturated carbocycles. The van der Waals surface area contributed by atoms with E-state index in [1.807, 2.05) is 18.2 Å². The van der Waals surface area contributed by atoms with Crippen LogP contribution in [0.15, 0.2) is 71.8 Å². The van der Waals surface area contributed by atoms with Crippen molar-refractivity contribution >= 4 is 11.8 Å². The molecule has 0 aromatic carbocycles. The van der Waals surface area contributed by atoms with Gasteiger partial charge in [0, 0.05) is 5.57 Å². The van der Waals surface area contributed by atoms with E-state index in [1.165, 1.54) is 6.26 Å². The predicted octanol–water partition coefficient (Wildman–Crippen LogP) is 2.28. The van der Waals surface area contributed by atoms with Gasteiger partial charge in [0.25, 0.3) is 0 Å². The highest BCUT2D eigenvalue weighted by atomic mass is 16.6. The average Bonchev–Trinajstić information content (AvgIpc) is 3.17. The maximum absolute atomic E-state index is 12.3. The number of esters is 1. The van der Waals surface area contributed by atoms with Crippen molar-refractivity contribution in [2.75, 3.05) is 0 Å². The molecule has 4 rings (SSSR count). The number of fused-ring (bicyclic) bond motifs is 1. The topological polar surface area (TPSA) is 55.9 Å². The second-order valence-electron chi connectivity index (χ2n) is 5.25. The second kappa shape index (κ2) is 4.19. The summed E-state index contributed by atoms with van der Waals surface area (Å²) >= 11 is 0. The highest BCUT2D eigenvalue weighted by molar-refractivity contribution is 5.99. The summed E-state index contributed by atoms with van der Waals surface area (Å²) in [5, 5.41) is 0. The first-order valence-electron chi connectivity index (χ1n) is 6.78. The van der Waals surface area contributed by atoms with Crippen LogP contribution in [0.25, 0.3) is 0 Å². The minimum atomic E-state index is -0.746. The molecule has 2 heterocycles. The Morgan fingerprint density at radius 3 is 2.90 bits per heavy atom. The first-order valence-corrected chi connectivity index (χ1v) is 6.78. The SMILES string of the molecule is O=C1C/C=C2/C=CC3=CC=CC(=O)C3C23O/C3=C/C=C\O1. The molecular weight excluding hydrogens is 268 g/mol. The third kappa shape index (κ3) is 1.69. The monoisotopic (exact) mass is 280 g/mol. The number of hydrogen-bond acceptors (Lipinski definition) is 4. The third-order valence-electron chi connectivity index (χ3n) is 4.07. The molecule has 2 aliphatic carbocycles. The van der Waals surface area contributed by atoms with Crippen LogP contribution < -0.4 is 0 Å². The summed E-state index contributed by atoms with van der Waals surface area (Å²) in [6, 6.07) is 0. The summed E-state index contributed by atoms with van der Waals surface area (Å²) in [4.78, 5) is 23.9. The van der Waals surface area contributed by atoms with Gasteiger partial charge in [-0.2, -0.15) is 0 Å². The van der Waals surface area contributed by atoms with Gasteiger partial charge >= 0.3 is 5.97 Å². The molecule has 21 heavy (non-hydrogen) atoms. The van der Waals surface area contributed by atoms with Gasteiger partial charge in [-0.3, -0.25) is 9.59 Å². The van der Waals surface area contributed by atoms with Gasteiger partial charge in [0.1, 0.15) is 5.76 Å². The number of epoxide rings is 1. The van der Waals surface area contributed by atoms with Crippen LogP contribution in [0.1, 0.15) is 6.42 Å². The van der Waals surface area contributed by atoms with Gasteiger partial charge in [-0.05, 0) is 23.8 Å². The normalized spacial score (nSPS) is 39.0. The molecule has 4 nitrogen and oxygen atoms in total. The summed E-state index contributed by atoms with van der Waals surface area (Å²) in [6.07, 6.45) is 15.7. The fourth-order valence-corrected chi connectivity index (χ4v) is 3.09. The molecule has 2 aliphatic heterocycles. The first kappa shape index (κ1) is 12.1. The summed E-state index contributed by atoms with van der Waals surface area (Å²) in [6.45, 7) is 0. The van der Waals surface area contributed by atoms with Crippen molar-refractivity contribution in [3.63, 3.8) is 0 Å². The lowest BCUT2D eigenvalue weighted by molar-refractivity contribution is -0.137. The Hall–Kier alpha value is -2.62. The molecule has 0 aromatic heterocycles. The Kier molecular flexibility index (Phi) is 2.42. The summed E-state index contributed by atoms with van der Waals surface area (Å²) in [5.74, 6) is 0.0477. The predicted molar refractivity (Wildman–Crippen MR) is 74.7 cm³/mol. The van der Waals surface area contributed by atoms with Gasteiger partial charge in [0.15, 0.2) is 5.78 Å². The molecule has 1 spiro atoms. The number of ether oxygens (including phenoxy) is 2. The Balaban J connectivity index is 1.87. The molecule has 1 fully saturated rings. The number of allylic oxidation sites excluding steroid dienone is 6. The molecule has 0 amide bonds. The van der Waals surface area contributed by atoms with E-state index in [1.54, 1.807) is 30.4 Å². The van der Waals surface area contributed by atoms with Gasteiger partial charge < -0.3 is 9.47 Å². The van der Waals surface area contributed by atoms with Crippen LogP contribution in [-0.2, 0) is 19.1 Å². The molecule has 1 saturated heterocycles. The summed E-state index contributed by atoms with van der Waals surface area (Å²) in [7, 11) is 0. The highest BCUT2D eigenvalue weighted by Crippen LogP contribution is 2.58. The van der Waals surface area contributed by atoms with E-state index in [4.69, 9.17) is 9.47 Å². The molecular formula is C17H12O4. The van der Waals surface area contributed by atoms with Crippen molar-refractivity contribution in [1.82, 2.24) is 0 Å². The summed E-state index contributed by atoms with van der Waals surface area (Å²) in [5.41, 5.74) is 1.03. The van der Waals surface area contributed by atoms with Crippen LogP contribution in [0.4, 0.5) is 0 Å². The fourth-order valence-electron chi connectivity index (χ4n) is 3.09. The van der Waals surface area contributed by atoms with Gasteiger partial charge in [0.2, 0.25) is 5.60 Å². The van der Waals surface area contributed by atoms with E-state index in [2.05, 4.69) is 0 Å². The molecule has 4 aliphatic rings. The van der Waals surface area contributed by atoms with Crippen molar-refractivity contribution in [3.05, 3.63) is 71.8 Å². The van der Waals surface area contributed by atoms with Crippen molar-refractivity contribution in [2.45, 2.75) is 12.0 Å². The van der Waals surface area contributed by atoms with Crippen molar-refractivity contribution in [1.29, 1.82) is 0 Å². The number of carbonyl (C=O) groups is 2. The van der Waals surface area contributed by atoms with Crippen molar-refractivity contribution in [3.8, 4) is 0 Å². The van der Waals surface area contributed by atoms with Gasteiger partial charge in [-0.1, -0.05) is 30.4 Å². The van der Waals surface area contributed by atoms with Crippen LogP contribution >= 0.6 is 0 Å². The van der Waals surface area contributed by atoms with Crippen LogP contribution in [0.5, 0.6) is 0 Å². The first-order chi connectivity index (χ1) is 10.2. The van der Waals surface area contributed by atoms with E-state index in [9.17, 15) is 9.59 Å². The number of cyclic esters (lactones) is 1. The minimum Gasteiger partial charge on any atom is -0.473 e. The largest absolute Gasteiger partial charge is 0.473 e. The Bertz CT molecular complexity index is 730. The quantitative estimate of drug-likeness (QED) is 0.504. The highest BCUT2D eigenvalue weighted by Gasteiger charge is 2.64. The average molecular weight is 280 g/mol. The van der Waals surface area contributed by atoms with Crippen LogP contribution in [0, 0.1) is 5.92 Å². The lowest BCUT2D eigenvalue weighted by atomic mass is 9.71. The standard InChI is InChI=1S/C17H12O4/c18-13-4-1-3-11-6-7-12-8-9-15(19)20-10-2-5-14-17(12,21-14)16(11)13/h1-8,10,16H,9H2/b10-2-,12-8-,14-5+. The molecule has 4 heteroatoms. The van der Waals surface area contributed by atoms with Gasteiger partial charge in [-0.15, -0.1) is 0 Å². The maximum Gasteiger partial charge on any atom is 0.314 e.